The van der Waals surface area contributed by atoms with E-state index in [-0.39, 0.29) is 12.0 Å². The molecule has 0 amide bonds. The van der Waals surface area contributed by atoms with Gasteiger partial charge in [0.05, 0.1) is 28.4 Å². The van der Waals surface area contributed by atoms with Crippen LogP contribution >= 0.6 is 0 Å². The summed E-state index contributed by atoms with van der Waals surface area (Å²) in [6.07, 6.45) is -0.312. The van der Waals surface area contributed by atoms with Gasteiger partial charge in [-0.25, -0.2) is 9.59 Å². The Bertz CT molecular complexity index is 326. The van der Waals surface area contributed by atoms with Gasteiger partial charge in [0.1, 0.15) is 12.0 Å². The maximum absolute atomic E-state index is 10.5. The molecule has 0 rings (SSSR count). The summed E-state index contributed by atoms with van der Waals surface area (Å²) < 4.78 is 16.8. The number of methoxy groups -OCH3 is 4. The molecule has 0 unspecified atom stereocenters. The predicted molar refractivity (Wildman–Crippen MR) is 61.8 cm³/mol. The number of hydrogen-bond donors (Lipinski definition) is 0. The Hall–Kier alpha value is -2.38. The van der Waals surface area contributed by atoms with Crippen LogP contribution in [0, 0.1) is 0 Å². The standard InChI is InChI=1S/C6H8O4.C5H8O4/c1-4(5(7)9-2)6(8)10-3;1-8-4(6)3-5(7)9-2/h1H2,2-3H3;3H2,1-2H3. The van der Waals surface area contributed by atoms with Crippen molar-refractivity contribution in [3.63, 3.8) is 0 Å². The normalized spacial score (nSPS) is 8.21. The van der Waals surface area contributed by atoms with E-state index >= 15 is 0 Å². The van der Waals surface area contributed by atoms with Crippen molar-refractivity contribution in [1.82, 2.24) is 0 Å². The summed E-state index contributed by atoms with van der Waals surface area (Å²) in [7, 11) is 4.75. The van der Waals surface area contributed by atoms with Crippen molar-refractivity contribution in [1.29, 1.82) is 0 Å². The van der Waals surface area contributed by atoms with Crippen molar-refractivity contribution in [3.8, 4) is 0 Å². The Balaban J connectivity index is 0. The van der Waals surface area contributed by atoms with Crippen molar-refractivity contribution in [2.75, 3.05) is 28.4 Å². The second kappa shape index (κ2) is 10.8. The minimum absolute atomic E-state index is 0.301. The molecule has 0 aliphatic rings. The number of rotatable bonds is 4. The van der Waals surface area contributed by atoms with Crippen LogP contribution < -0.4 is 0 Å². The fraction of sp³-hybridized carbons (Fsp3) is 0.455. The van der Waals surface area contributed by atoms with Crippen molar-refractivity contribution < 1.29 is 38.1 Å². The van der Waals surface area contributed by atoms with E-state index in [9.17, 15) is 19.2 Å². The third-order valence-electron chi connectivity index (χ3n) is 1.61. The van der Waals surface area contributed by atoms with Crippen LogP contribution in [0.15, 0.2) is 12.2 Å². The summed E-state index contributed by atoms with van der Waals surface area (Å²) in [4.78, 5) is 41.5. The van der Waals surface area contributed by atoms with Crippen LogP contribution in [0.1, 0.15) is 6.42 Å². The van der Waals surface area contributed by atoms with Gasteiger partial charge in [0.25, 0.3) is 0 Å². The Morgan fingerprint density at radius 3 is 1.26 bits per heavy atom. The zero-order valence-electron chi connectivity index (χ0n) is 11.2. The van der Waals surface area contributed by atoms with Gasteiger partial charge < -0.3 is 18.9 Å². The highest BCUT2D eigenvalue weighted by molar-refractivity contribution is 6.13. The lowest BCUT2D eigenvalue weighted by Gasteiger charge is -1.98. The molecule has 0 aromatic rings. The Morgan fingerprint density at radius 1 is 0.737 bits per heavy atom. The summed E-state index contributed by atoms with van der Waals surface area (Å²) >= 11 is 0. The monoisotopic (exact) mass is 276 g/mol. The highest BCUT2D eigenvalue weighted by Gasteiger charge is 2.15. The molecule has 0 heterocycles. The minimum Gasteiger partial charge on any atom is -0.469 e. The zero-order valence-corrected chi connectivity index (χ0v) is 11.2. The van der Waals surface area contributed by atoms with Gasteiger partial charge in [-0.3, -0.25) is 9.59 Å². The van der Waals surface area contributed by atoms with Crippen LogP contribution in [0.3, 0.4) is 0 Å². The smallest absolute Gasteiger partial charge is 0.344 e. The summed E-state index contributed by atoms with van der Waals surface area (Å²) in [6.45, 7) is 3.15. The molecule has 19 heavy (non-hydrogen) atoms. The maximum atomic E-state index is 10.5. The molecule has 108 valence electrons. The number of hydrogen-bond acceptors (Lipinski definition) is 8. The van der Waals surface area contributed by atoms with Crippen molar-refractivity contribution in [2.45, 2.75) is 6.42 Å². The highest BCUT2D eigenvalue weighted by atomic mass is 16.5. The molecule has 0 aliphatic heterocycles. The molecule has 0 spiro atoms. The van der Waals surface area contributed by atoms with Crippen molar-refractivity contribution in [3.05, 3.63) is 12.2 Å². The maximum Gasteiger partial charge on any atom is 0.344 e. The minimum atomic E-state index is -0.771. The zero-order chi connectivity index (χ0) is 15.4. The van der Waals surface area contributed by atoms with E-state index in [1.807, 2.05) is 0 Å². The Morgan fingerprint density at radius 2 is 1.05 bits per heavy atom. The first kappa shape index (κ1) is 19.0. The van der Waals surface area contributed by atoms with Crippen molar-refractivity contribution in [2.24, 2.45) is 0 Å². The van der Waals surface area contributed by atoms with Crippen molar-refractivity contribution >= 4 is 23.9 Å². The Kier molecular flexibility index (Phi) is 10.7. The molecule has 0 aromatic heterocycles. The molecule has 0 saturated carbocycles. The second-order valence-corrected chi connectivity index (χ2v) is 2.79. The van der Waals surface area contributed by atoms with Gasteiger partial charge in [-0.2, -0.15) is 0 Å². The van der Waals surface area contributed by atoms with Gasteiger partial charge in [0.15, 0.2) is 0 Å². The topological polar surface area (TPSA) is 105 Å². The second-order valence-electron chi connectivity index (χ2n) is 2.79. The molecule has 0 radical (unpaired) electrons. The quantitative estimate of drug-likeness (QED) is 0.225. The first-order valence-corrected chi connectivity index (χ1v) is 4.83. The molecule has 8 nitrogen and oxygen atoms in total. The average molecular weight is 276 g/mol. The summed E-state index contributed by atoms with van der Waals surface area (Å²) in [5.41, 5.74) is -0.301. The molecule has 0 saturated heterocycles. The van der Waals surface area contributed by atoms with Crippen LogP contribution in [-0.4, -0.2) is 52.3 Å². The lowest BCUT2D eigenvalue weighted by molar-refractivity contribution is -0.151. The molecule has 0 atom stereocenters. The predicted octanol–water partition coefficient (Wildman–Crippen LogP) is -0.389. The number of esters is 4. The van der Waals surface area contributed by atoms with E-state index in [4.69, 9.17) is 0 Å². The summed E-state index contributed by atoms with van der Waals surface area (Å²) in [5, 5.41) is 0. The molecule has 0 fully saturated rings. The van der Waals surface area contributed by atoms with Gasteiger partial charge in [-0.1, -0.05) is 6.58 Å². The fourth-order valence-corrected chi connectivity index (χ4v) is 0.592. The SMILES string of the molecule is C=C(C(=O)OC)C(=O)OC.COC(=O)CC(=O)OC. The number of carbonyl (C=O) groups is 4. The highest BCUT2D eigenvalue weighted by Crippen LogP contribution is 1.94. The molecule has 0 aromatic carbocycles. The summed E-state index contributed by atoms with van der Waals surface area (Å²) in [6, 6.07) is 0. The molecular weight excluding hydrogens is 260 g/mol. The molecule has 0 N–H and O–H groups in total. The van der Waals surface area contributed by atoms with Crippen LogP contribution in [0.25, 0.3) is 0 Å². The largest absolute Gasteiger partial charge is 0.469 e. The van der Waals surface area contributed by atoms with Gasteiger partial charge in [0, 0.05) is 0 Å². The first-order chi connectivity index (χ1) is 8.83. The van der Waals surface area contributed by atoms with E-state index in [0.29, 0.717) is 0 Å². The Labute approximate surface area is 110 Å². The average Bonchev–Trinajstić information content (AvgIpc) is 2.44. The van der Waals surface area contributed by atoms with Crippen LogP contribution in [-0.2, 0) is 38.1 Å². The van der Waals surface area contributed by atoms with E-state index in [0.717, 1.165) is 14.2 Å². The molecule has 8 heteroatoms. The van der Waals surface area contributed by atoms with Crippen LogP contribution in [0.4, 0.5) is 0 Å². The fourth-order valence-electron chi connectivity index (χ4n) is 0.592. The number of carbonyl (C=O) groups excluding carboxylic acids is 4. The molecule has 0 bridgehead atoms. The third kappa shape index (κ3) is 9.33. The van der Waals surface area contributed by atoms with Crippen LogP contribution in [0.2, 0.25) is 0 Å². The first-order valence-electron chi connectivity index (χ1n) is 4.83. The van der Waals surface area contributed by atoms with E-state index in [2.05, 4.69) is 25.5 Å². The van der Waals surface area contributed by atoms with E-state index < -0.39 is 23.9 Å². The number of ether oxygens (including phenoxy) is 4. The van der Waals surface area contributed by atoms with E-state index in [1.54, 1.807) is 0 Å². The lowest BCUT2D eigenvalue weighted by Crippen LogP contribution is -2.14. The van der Waals surface area contributed by atoms with Crippen LogP contribution in [0.5, 0.6) is 0 Å². The summed E-state index contributed by atoms with van der Waals surface area (Å²) in [5.74, 6) is -2.71. The van der Waals surface area contributed by atoms with Gasteiger partial charge in [0.2, 0.25) is 0 Å². The van der Waals surface area contributed by atoms with Gasteiger partial charge in [-0.15, -0.1) is 0 Å². The third-order valence-corrected chi connectivity index (χ3v) is 1.61. The van der Waals surface area contributed by atoms with Gasteiger partial charge in [-0.05, 0) is 0 Å². The molecular formula is C11H16O8. The molecule has 0 aliphatic carbocycles. The van der Waals surface area contributed by atoms with Gasteiger partial charge >= 0.3 is 23.9 Å². The van der Waals surface area contributed by atoms with E-state index in [1.165, 1.54) is 14.2 Å². The lowest BCUT2D eigenvalue weighted by atomic mass is 10.3.